The number of aliphatic hydroxyl groups is 1. The number of amides is 1. The summed E-state index contributed by atoms with van der Waals surface area (Å²) in [6, 6.07) is 7.51. The lowest BCUT2D eigenvalue weighted by molar-refractivity contribution is 0.0803. The summed E-state index contributed by atoms with van der Waals surface area (Å²) in [5, 5.41) is 20.9. The monoisotopic (exact) mass is 363 g/mol. The first-order valence-corrected chi connectivity index (χ1v) is 8.82. The number of carbonyl (C=O) groups is 1. The van der Waals surface area contributed by atoms with Crippen LogP contribution in [0.25, 0.3) is 0 Å². The number of benzene rings is 1. The molecule has 0 aliphatic carbocycles. The second kappa shape index (κ2) is 8.42. The van der Waals surface area contributed by atoms with E-state index < -0.39 is 0 Å². The van der Waals surface area contributed by atoms with E-state index in [1.807, 2.05) is 24.3 Å². The molecule has 0 saturated carbocycles. The number of aliphatic hydroxyl groups excluding tert-OH is 1. The number of piperidine rings is 1. The van der Waals surface area contributed by atoms with Gasteiger partial charge in [0.05, 0.1) is 18.8 Å². The second-order valence-corrected chi connectivity index (χ2v) is 6.63. The molecule has 0 bridgehead atoms. The minimum absolute atomic E-state index is 0.181. The van der Waals surface area contributed by atoms with Gasteiger partial charge in [0.1, 0.15) is 0 Å². The van der Waals surface area contributed by atoms with Crippen molar-refractivity contribution in [2.75, 3.05) is 26.2 Å². The van der Waals surface area contributed by atoms with E-state index in [1.165, 1.54) is 0 Å². The van der Waals surface area contributed by atoms with Crippen LogP contribution in [0.3, 0.4) is 0 Å². The maximum atomic E-state index is 12.2. The molecule has 3 rings (SSSR count). The Kier molecular flexibility index (Phi) is 6.01. The third kappa shape index (κ3) is 5.01. The van der Waals surface area contributed by atoms with Crippen LogP contribution in [-0.2, 0) is 6.54 Å². The topological polar surface area (TPSA) is 83.3 Å². The third-order valence-corrected chi connectivity index (χ3v) is 4.70. The van der Waals surface area contributed by atoms with Crippen molar-refractivity contribution in [1.29, 1.82) is 0 Å². The van der Waals surface area contributed by atoms with Gasteiger partial charge in [-0.05, 0) is 24.5 Å². The number of likely N-dealkylation sites (tertiary alicyclic amines) is 1. The predicted molar refractivity (Wildman–Crippen MR) is 94.6 cm³/mol. The molecule has 0 spiro atoms. The predicted octanol–water partition coefficient (Wildman–Crippen LogP) is 1.17. The molecule has 1 amide bonds. The minimum Gasteiger partial charge on any atom is -0.393 e. The average molecular weight is 364 g/mol. The highest BCUT2D eigenvalue weighted by Gasteiger charge is 2.17. The number of aromatic nitrogens is 3. The van der Waals surface area contributed by atoms with Crippen molar-refractivity contribution in [3.05, 3.63) is 46.7 Å². The van der Waals surface area contributed by atoms with E-state index in [1.54, 1.807) is 10.9 Å². The molecule has 2 N–H and O–H groups in total. The van der Waals surface area contributed by atoms with Crippen LogP contribution in [0.4, 0.5) is 0 Å². The van der Waals surface area contributed by atoms with Gasteiger partial charge in [-0.2, -0.15) is 0 Å². The molecule has 134 valence electrons. The number of nitrogens with one attached hydrogen (secondary N) is 1. The van der Waals surface area contributed by atoms with Crippen LogP contribution in [0.15, 0.2) is 30.5 Å². The summed E-state index contributed by atoms with van der Waals surface area (Å²) < 4.78 is 1.60. The summed E-state index contributed by atoms with van der Waals surface area (Å²) in [6.07, 6.45) is 3.03. The Morgan fingerprint density at radius 2 is 2.08 bits per heavy atom. The fourth-order valence-electron chi connectivity index (χ4n) is 2.84. The molecule has 0 unspecified atom stereocenters. The van der Waals surface area contributed by atoms with Crippen molar-refractivity contribution >= 4 is 17.5 Å². The highest BCUT2D eigenvalue weighted by Crippen LogP contribution is 2.15. The molecule has 2 heterocycles. The fraction of sp³-hybridized carbons (Fsp3) is 0.471. The average Bonchev–Trinajstić information content (AvgIpc) is 3.07. The minimum atomic E-state index is -0.234. The Balaban J connectivity index is 1.47. The van der Waals surface area contributed by atoms with Crippen LogP contribution in [0.1, 0.15) is 28.9 Å². The molecule has 1 aliphatic rings. The van der Waals surface area contributed by atoms with Crippen LogP contribution in [0.5, 0.6) is 0 Å². The van der Waals surface area contributed by atoms with Crippen LogP contribution < -0.4 is 5.32 Å². The fourth-order valence-corrected chi connectivity index (χ4v) is 3.04. The Labute approximate surface area is 151 Å². The maximum absolute atomic E-state index is 12.2. The van der Waals surface area contributed by atoms with Gasteiger partial charge in [-0.3, -0.25) is 4.79 Å². The number of hydrogen-bond donors (Lipinski definition) is 2. The van der Waals surface area contributed by atoms with Crippen molar-refractivity contribution in [2.24, 2.45) is 0 Å². The number of halogens is 1. The van der Waals surface area contributed by atoms with Crippen LogP contribution in [0, 0.1) is 0 Å². The van der Waals surface area contributed by atoms with E-state index in [4.69, 9.17) is 11.6 Å². The first-order valence-electron chi connectivity index (χ1n) is 8.44. The Morgan fingerprint density at radius 1 is 1.32 bits per heavy atom. The van der Waals surface area contributed by atoms with Gasteiger partial charge in [-0.25, -0.2) is 4.68 Å². The van der Waals surface area contributed by atoms with Crippen molar-refractivity contribution in [1.82, 2.24) is 25.2 Å². The highest BCUT2D eigenvalue weighted by atomic mass is 35.5. The van der Waals surface area contributed by atoms with E-state index in [0.29, 0.717) is 23.8 Å². The summed E-state index contributed by atoms with van der Waals surface area (Å²) in [5.74, 6) is -0.234. The van der Waals surface area contributed by atoms with Crippen molar-refractivity contribution in [2.45, 2.75) is 25.5 Å². The van der Waals surface area contributed by atoms with Gasteiger partial charge in [0, 0.05) is 31.2 Å². The van der Waals surface area contributed by atoms with Crippen LogP contribution >= 0.6 is 11.6 Å². The van der Waals surface area contributed by atoms with E-state index >= 15 is 0 Å². The summed E-state index contributed by atoms with van der Waals surface area (Å²) in [5.41, 5.74) is 1.22. The van der Waals surface area contributed by atoms with Gasteiger partial charge in [0.15, 0.2) is 5.69 Å². The molecule has 8 heteroatoms. The molecule has 1 aromatic heterocycles. The molecule has 2 aromatic rings. The first kappa shape index (κ1) is 17.8. The van der Waals surface area contributed by atoms with Gasteiger partial charge < -0.3 is 15.3 Å². The molecule has 1 saturated heterocycles. The number of nitrogens with zero attached hydrogens (tertiary/aromatic N) is 4. The molecule has 1 aromatic carbocycles. The number of hydrogen-bond acceptors (Lipinski definition) is 5. The van der Waals surface area contributed by atoms with Gasteiger partial charge in [0.25, 0.3) is 5.91 Å². The zero-order valence-corrected chi connectivity index (χ0v) is 14.7. The normalized spacial score (nSPS) is 16.1. The molecule has 1 aliphatic heterocycles. The van der Waals surface area contributed by atoms with Gasteiger partial charge >= 0.3 is 0 Å². The highest BCUT2D eigenvalue weighted by molar-refractivity contribution is 6.31. The Hall–Kier alpha value is -1.96. The lowest BCUT2D eigenvalue weighted by Crippen LogP contribution is -2.40. The Morgan fingerprint density at radius 3 is 2.84 bits per heavy atom. The quantitative estimate of drug-likeness (QED) is 0.804. The first-order chi connectivity index (χ1) is 12.1. The molecule has 25 heavy (non-hydrogen) atoms. The van der Waals surface area contributed by atoms with Crippen LogP contribution in [-0.4, -0.2) is 63.2 Å². The van der Waals surface area contributed by atoms with E-state index in [-0.39, 0.29) is 12.0 Å². The van der Waals surface area contributed by atoms with Gasteiger partial charge in [-0.15, -0.1) is 5.10 Å². The van der Waals surface area contributed by atoms with E-state index in [0.717, 1.165) is 38.0 Å². The number of carbonyl (C=O) groups excluding carboxylic acids is 1. The molecule has 1 fully saturated rings. The lowest BCUT2D eigenvalue weighted by Gasteiger charge is -2.29. The zero-order valence-electron chi connectivity index (χ0n) is 13.9. The van der Waals surface area contributed by atoms with Gasteiger partial charge in [-0.1, -0.05) is 35.0 Å². The number of rotatable bonds is 6. The van der Waals surface area contributed by atoms with Crippen molar-refractivity contribution < 1.29 is 9.90 Å². The summed E-state index contributed by atoms with van der Waals surface area (Å²) in [6.45, 7) is 3.52. The lowest BCUT2D eigenvalue weighted by atomic mass is 10.1. The standard InChI is InChI=1S/C17H22ClN5O2/c18-15-4-2-1-3-13(15)11-23-12-16(20-21-23)17(25)19-7-10-22-8-5-14(24)6-9-22/h1-4,12,14,24H,5-11H2,(H,19,25). The maximum Gasteiger partial charge on any atom is 0.273 e. The van der Waals surface area contributed by atoms with Crippen LogP contribution in [0.2, 0.25) is 5.02 Å². The molecular formula is C17H22ClN5O2. The van der Waals surface area contributed by atoms with Crippen molar-refractivity contribution in [3.63, 3.8) is 0 Å². The summed E-state index contributed by atoms with van der Waals surface area (Å²) >= 11 is 6.13. The SMILES string of the molecule is O=C(NCCN1CCC(O)CC1)c1cn(Cc2ccccc2Cl)nn1. The zero-order chi connectivity index (χ0) is 17.6. The molecule has 0 atom stereocenters. The summed E-state index contributed by atoms with van der Waals surface area (Å²) in [7, 11) is 0. The summed E-state index contributed by atoms with van der Waals surface area (Å²) in [4.78, 5) is 14.4. The van der Waals surface area contributed by atoms with E-state index in [9.17, 15) is 9.90 Å². The van der Waals surface area contributed by atoms with Gasteiger partial charge in [0.2, 0.25) is 0 Å². The molecule has 0 radical (unpaired) electrons. The largest absolute Gasteiger partial charge is 0.393 e. The molecule has 7 nitrogen and oxygen atoms in total. The van der Waals surface area contributed by atoms with Crippen molar-refractivity contribution in [3.8, 4) is 0 Å². The van der Waals surface area contributed by atoms with E-state index in [2.05, 4.69) is 20.5 Å². The smallest absolute Gasteiger partial charge is 0.273 e. The molecular weight excluding hydrogens is 342 g/mol. The second-order valence-electron chi connectivity index (χ2n) is 6.22. The Bertz CT molecular complexity index is 713. The third-order valence-electron chi connectivity index (χ3n) is 4.33.